The summed E-state index contributed by atoms with van der Waals surface area (Å²) in [7, 11) is 0. The average molecular weight is 287 g/mol. The Morgan fingerprint density at radius 1 is 1.30 bits per heavy atom. The van der Waals surface area contributed by atoms with Crippen LogP contribution in [0.3, 0.4) is 0 Å². The Kier molecular flexibility index (Phi) is 3.03. The fourth-order valence-electron chi connectivity index (χ4n) is 1.70. The highest BCUT2D eigenvalue weighted by atomic mass is 32.1. The van der Waals surface area contributed by atoms with Crippen LogP contribution in [-0.4, -0.2) is 26.2 Å². The minimum Gasteiger partial charge on any atom is -0.478 e. The number of nitrogens with zero attached hydrogens (tertiary/aromatic N) is 3. The van der Waals surface area contributed by atoms with Crippen LogP contribution >= 0.6 is 11.3 Å². The van der Waals surface area contributed by atoms with Gasteiger partial charge in [0.05, 0.1) is 16.8 Å². The van der Waals surface area contributed by atoms with E-state index >= 15 is 0 Å². The Bertz CT molecular complexity index is 761. The molecule has 3 rings (SSSR count). The number of carboxylic acid groups (broad SMARTS) is 1. The van der Waals surface area contributed by atoms with E-state index in [4.69, 9.17) is 9.63 Å². The van der Waals surface area contributed by atoms with Gasteiger partial charge in [0.1, 0.15) is 4.88 Å². The highest BCUT2D eigenvalue weighted by molar-refractivity contribution is 7.13. The fraction of sp³-hybridized carbons (Fsp3) is 0.0769. The summed E-state index contributed by atoms with van der Waals surface area (Å²) in [5, 5.41) is 12.8. The van der Waals surface area contributed by atoms with Crippen LogP contribution in [0.15, 0.2) is 34.3 Å². The molecule has 2 aromatic heterocycles. The number of hydrogen-bond acceptors (Lipinski definition) is 6. The molecule has 0 unspecified atom stereocenters. The zero-order chi connectivity index (χ0) is 14.1. The second-order valence-electron chi connectivity index (χ2n) is 4.07. The monoisotopic (exact) mass is 287 g/mol. The van der Waals surface area contributed by atoms with Crippen molar-refractivity contribution in [1.29, 1.82) is 0 Å². The van der Waals surface area contributed by atoms with Crippen molar-refractivity contribution < 1.29 is 14.4 Å². The van der Waals surface area contributed by atoms with Crippen molar-refractivity contribution in [2.24, 2.45) is 0 Å². The standard InChI is InChI=1S/C13H9N3O3S/c1-7-10(20-6-14-7)12-15-11(16-19-12)8-2-4-9(5-3-8)13(17)18/h2-6H,1H3,(H,17,18). The molecule has 20 heavy (non-hydrogen) atoms. The summed E-state index contributed by atoms with van der Waals surface area (Å²) in [5.41, 5.74) is 3.48. The van der Waals surface area contributed by atoms with E-state index in [2.05, 4.69) is 15.1 Å². The van der Waals surface area contributed by atoms with Crippen molar-refractivity contribution in [3.05, 3.63) is 41.0 Å². The van der Waals surface area contributed by atoms with Gasteiger partial charge in [0, 0.05) is 5.56 Å². The summed E-state index contributed by atoms with van der Waals surface area (Å²) in [6, 6.07) is 6.31. The van der Waals surface area contributed by atoms with Gasteiger partial charge in [-0.1, -0.05) is 17.3 Å². The molecule has 1 N–H and O–H groups in total. The van der Waals surface area contributed by atoms with Gasteiger partial charge in [-0.3, -0.25) is 0 Å². The van der Waals surface area contributed by atoms with Gasteiger partial charge in [0.15, 0.2) is 0 Å². The van der Waals surface area contributed by atoms with E-state index in [1.54, 1.807) is 17.6 Å². The summed E-state index contributed by atoms with van der Waals surface area (Å²) in [4.78, 5) is 20.1. The summed E-state index contributed by atoms with van der Waals surface area (Å²) >= 11 is 1.43. The van der Waals surface area contributed by atoms with E-state index in [1.165, 1.54) is 23.5 Å². The molecule has 100 valence electrons. The third-order valence-corrected chi connectivity index (χ3v) is 3.67. The molecule has 1 aromatic carbocycles. The molecule has 0 aliphatic rings. The Morgan fingerprint density at radius 2 is 2.05 bits per heavy atom. The van der Waals surface area contributed by atoms with Crippen LogP contribution in [0.1, 0.15) is 16.1 Å². The quantitative estimate of drug-likeness (QED) is 0.796. The number of rotatable bonds is 3. The molecule has 0 spiro atoms. The van der Waals surface area contributed by atoms with E-state index in [1.807, 2.05) is 6.92 Å². The number of aryl methyl sites for hydroxylation is 1. The van der Waals surface area contributed by atoms with Gasteiger partial charge in [0.2, 0.25) is 5.82 Å². The average Bonchev–Trinajstić information content (AvgIpc) is 3.07. The van der Waals surface area contributed by atoms with Crippen LogP contribution in [0.5, 0.6) is 0 Å². The molecular formula is C13H9N3O3S. The summed E-state index contributed by atoms with van der Waals surface area (Å²) < 4.78 is 5.21. The number of benzene rings is 1. The van der Waals surface area contributed by atoms with Crippen LogP contribution in [0.4, 0.5) is 0 Å². The molecule has 3 aromatic rings. The first kappa shape index (κ1) is 12.5. The van der Waals surface area contributed by atoms with E-state index in [-0.39, 0.29) is 5.56 Å². The molecule has 0 aliphatic heterocycles. The maximum atomic E-state index is 10.8. The van der Waals surface area contributed by atoms with Gasteiger partial charge >= 0.3 is 5.97 Å². The molecule has 7 heteroatoms. The van der Waals surface area contributed by atoms with Crippen LogP contribution in [-0.2, 0) is 0 Å². The number of thiazole rings is 1. The maximum absolute atomic E-state index is 10.8. The lowest BCUT2D eigenvalue weighted by Crippen LogP contribution is -1.95. The van der Waals surface area contributed by atoms with E-state index < -0.39 is 5.97 Å². The first-order chi connectivity index (χ1) is 9.65. The Morgan fingerprint density at radius 3 is 2.65 bits per heavy atom. The van der Waals surface area contributed by atoms with Gasteiger partial charge < -0.3 is 9.63 Å². The lowest BCUT2D eigenvalue weighted by Gasteiger charge is -1.95. The molecule has 6 nitrogen and oxygen atoms in total. The molecule has 0 saturated carbocycles. The zero-order valence-corrected chi connectivity index (χ0v) is 11.2. The third-order valence-electron chi connectivity index (χ3n) is 2.76. The van der Waals surface area contributed by atoms with Crippen LogP contribution < -0.4 is 0 Å². The van der Waals surface area contributed by atoms with Gasteiger partial charge in [-0.2, -0.15) is 4.98 Å². The second kappa shape index (κ2) is 4.86. The molecule has 0 fully saturated rings. The van der Waals surface area contributed by atoms with Crippen LogP contribution in [0.25, 0.3) is 22.2 Å². The van der Waals surface area contributed by atoms with Gasteiger partial charge in [-0.05, 0) is 19.1 Å². The van der Waals surface area contributed by atoms with E-state index in [9.17, 15) is 4.79 Å². The zero-order valence-electron chi connectivity index (χ0n) is 10.4. The van der Waals surface area contributed by atoms with Crippen LogP contribution in [0.2, 0.25) is 0 Å². The first-order valence-electron chi connectivity index (χ1n) is 5.73. The maximum Gasteiger partial charge on any atom is 0.335 e. The molecule has 2 heterocycles. The van der Waals surface area contributed by atoms with Crippen LogP contribution in [0, 0.1) is 6.92 Å². The fourth-order valence-corrected chi connectivity index (χ4v) is 2.43. The third kappa shape index (κ3) is 2.19. The highest BCUT2D eigenvalue weighted by Crippen LogP contribution is 2.27. The summed E-state index contributed by atoms with van der Waals surface area (Å²) in [6.07, 6.45) is 0. The number of carbonyl (C=O) groups is 1. The highest BCUT2D eigenvalue weighted by Gasteiger charge is 2.14. The molecule has 0 aliphatic carbocycles. The van der Waals surface area contributed by atoms with Crippen molar-refractivity contribution in [2.75, 3.05) is 0 Å². The van der Waals surface area contributed by atoms with E-state index in [0.717, 1.165) is 10.6 Å². The van der Waals surface area contributed by atoms with Gasteiger partial charge in [-0.25, -0.2) is 9.78 Å². The number of aromatic nitrogens is 3. The van der Waals surface area contributed by atoms with Crippen molar-refractivity contribution in [2.45, 2.75) is 6.92 Å². The Labute approximate surface area is 117 Å². The van der Waals surface area contributed by atoms with E-state index in [0.29, 0.717) is 17.3 Å². The number of aromatic carboxylic acids is 1. The molecule has 0 atom stereocenters. The minimum atomic E-state index is -0.967. The predicted octanol–water partition coefficient (Wildman–Crippen LogP) is 2.87. The Balaban J connectivity index is 1.94. The predicted molar refractivity (Wildman–Crippen MR) is 72.5 cm³/mol. The number of carboxylic acids is 1. The topological polar surface area (TPSA) is 89.1 Å². The summed E-state index contributed by atoms with van der Waals surface area (Å²) in [6.45, 7) is 1.87. The first-order valence-corrected chi connectivity index (χ1v) is 6.61. The molecular weight excluding hydrogens is 278 g/mol. The lowest BCUT2D eigenvalue weighted by molar-refractivity contribution is 0.0697. The van der Waals surface area contributed by atoms with Gasteiger partial charge in [-0.15, -0.1) is 11.3 Å². The molecule has 0 radical (unpaired) electrons. The lowest BCUT2D eigenvalue weighted by atomic mass is 10.1. The molecule has 0 amide bonds. The second-order valence-corrected chi connectivity index (χ2v) is 4.93. The minimum absolute atomic E-state index is 0.218. The SMILES string of the molecule is Cc1ncsc1-c1nc(-c2ccc(C(=O)O)cc2)no1. The van der Waals surface area contributed by atoms with Crippen molar-refractivity contribution in [1.82, 2.24) is 15.1 Å². The largest absolute Gasteiger partial charge is 0.478 e. The summed E-state index contributed by atoms with van der Waals surface area (Å²) in [5.74, 6) is -0.127. The van der Waals surface area contributed by atoms with Crippen molar-refractivity contribution in [3.63, 3.8) is 0 Å². The molecule has 0 saturated heterocycles. The van der Waals surface area contributed by atoms with Crippen molar-refractivity contribution in [3.8, 4) is 22.2 Å². The van der Waals surface area contributed by atoms with Crippen molar-refractivity contribution >= 4 is 17.3 Å². The van der Waals surface area contributed by atoms with Gasteiger partial charge in [0.25, 0.3) is 5.89 Å². The smallest absolute Gasteiger partial charge is 0.335 e. The Hall–Kier alpha value is -2.54. The number of hydrogen-bond donors (Lipinski definition) is 1. The molecule has 0 bridgehead atoms. The normalized spacial score (nSPS) is 10.7.